The molecular formula is C12H22N2O2. The Kier molecular flexibility index (Phi) is 3.82. The molecule has 2 fully saturated rings. The number of carbonyl (C=O) groups is 1. The molecule has 0 amide bonds. The van der Waals surface area contributed by atoms with Crippen LogP contribution in [0.5, 0.6) is 0 Å². The molecule has 0 aromatic carbocycles. The summed E-state index contributed by atoms with van der Waals surface area (Å²) in [6.45, 7) is 4.17. The van der Waals surface area contributed by atoms with Gasteiger partial charge in [0.25, 0.3) is 0 Å². The van der Waals surface area contributed by atoms with Crippen LogP contribution in [0.3, 0.4) is 0 Å². The largest absolute Gasteiger partial charge is 0.480 e. The average Bonchev–Trinajstić information content (AvgIpc) is 2.23. The lowest BCUT2D eigenvalue weighted by atomic mass is 9.77. The van der Waals surface area contributed by atoms with Gasteiger partial charge in [0.05, 0.1) is 0 Å². The van der Waals surface area contributed by atoms with E-state index in [4.69, 9.17) is 5.11 Å². The van der Waals surface area contributed by atoms with Crippen LogP contribution in [0.1, 0.15) is 38.5 Å². The van der Waals surface area contributed by atoms with E-state index in [1.807, 2.05) is 0 Å². The summed E-state index contributed by atoms with van der Waals surface area (Å²) in [5.74, 6) is -0.669. The first-order chi connectivity index (χ1) is 7.73. The molecule has 1 saturated carbocycles. The number of nitrogens with one attached hydrogen (secondary N) is 1. The molecule has 1 saturated heterocycles. The van der Waals surface area contributed by atoms with Crippen molar-refractivity contribution in [2.75, 3.05) is 26.2 Å². The van der Waals surface area contributed by atoms with E-state index in [1.54, 1.807) is 0 Å². The van der Waals surface area contributed by atoms with Gasteiger partial charge < -0.3 is 15.3 Å². The van der Waals surface area contributed by atoms with Crippen LogP contribution in [0.4, 0.5) is 0 Å². The monoisotopic (exact) mass is 226 g/mol. The molecule has 0 atom stereocenters. The molecule has 1 aliphatic carbocycles. The molecule has 2 rings (SSSR count). The molecule has 0 aromatic heterocycles. The van der Waals surface area contributed by atoms with Gasteiger partial charge in [-0.25, -0.2) is 0 Å². The standard InChI is InChI=1S/C12H22N2O2/c15-11(16)12(5-4-6-12)13-7-10-14-8-2-1-3-9-14/h13H,1-10H2,(H,15,16). The van der Waals surface area contributed by atoms with E-state index >= 15 is 0 Å². The van der Waals surface area contributed by atoms with Crippen LogP contribution < -0.4 is 5.32 Å². The highest BCUT2D eigenvalue weighted by molar-refractivity contribution is 5.79. The molecule has 0 unspecified atom stereocenters. The molecule has 92 valence electrons. The van der Waals surface area contributed by atoms with Crippen molar-refractivity contribution < 1.29 is 9.90 Å². The smallest absolute Gasteiger partial charge is 0.323 e. The van der Waals surface area contributed by atoms with E-state index in [-0.39, 0.29) is 0 Å². The van der Waals surface area contributed by atoms with Crippen LogP contribution in [-0.4, -0.2) is 47.7 Å². The minimum atomic E-state index is -0.669. The fraction of sp³-hybridized carbons (Fsp3) is 0.917. The van der Waals surface area contributed by atoms with E-state index in [1.165, 1.54) is 32.4 Å². The minimum Gasteiger partial charge on any atom is -0.480 e. The molecule has 2 N–H and O–H groups in total. The lowest BCUT2D eigenvalue weighted by Gasteiger charge is -2.39. The molecule has 0 aromatic rings. The SMILES string of the molecule is O=C(O)C1(NCCN2CCCCC2)CCC1. The quantitative estimate of drug-likeness (QED) is 0.736. The normalized spacial score (nSPS) is 25.0. The molecule has 4 nitrogen and oxygen atoms in total. The number of nitrogens with zero attached hydrogens (tertiary/aromatic N) is 1. The summed E-state index contributed by atoms with van der Waals surface area (Å²) in [6, 6.07) is 0. The first-order valence-electron chi connectivity index (χ1n) is 6.44. The average molecular weight is 226 g/mol. The molecule has 16 heavy (non-hydrogen) atoms. The van der Waals surface area contributed by atoms with E-state index in [2.05, 4.69) is 10.2 Å². The van der Waals surface area contributed by atoms with Crippen molar-refractivity contribution in [3.05, 3.63) is 0 Å². The van der Waals surface area contributed by atoms with Crippen molar-refractivity contribution in [3.63, 3.8) is 0 Å². The maximum absolute atomic E-state index is 11.1. The number of piperidine rings is 1. The highest BCUT2D eigenvalue weighted by Crippen LogP contribution is 2.31. The fourth-order valence-electron chi connectivity index (χ4n) is 2.63. The second kappa shape index (κ2) is 5.15. The van der Waals surface area contributed by atoms with E-state index in [0.29, 0.717) is 0 Å². The van der Waals surface area contributed by atoms with Gasteiger partial charge in [-0.05, 0) is 45.2 Å². The third kappa shape index (κ3) is 2.55. The fourth-order valence-corrected chi connectivity index (χ4v) is 2.63. The lowest BCUT2D eigenvalue weighted by Crippen LogP contribution is -2.58. The van der Waals surface area contributed by atoms with Crippen molar-refractivity contribution >= 4 is 5.97 Å². The summed E-state index contributed by atoms with van der Waals surface area (Å²) in [5, 5.41) is 12.4. The van der Waals surface area contributed by atoms with Gasteiger partial charge in [0.1, 0.15) is 5.54 Å². The summed E-state index contributed by atoms with van der Waals surface area (Å²) in [4.78, 5) is 13.5. The summed E-state index contributed by atoms with van der Waals surface area (Å²) in [6.07, 6.45) is 6.57. The highest BCUT2D eigenvalue weighted by Gasteiger charge is 2.43. The number of hydrogen-bond acceptors (Lipinski definition) is 3. The van der Waals surface area contributed by atoms with Gasteiger partial charge in [-0.1, -0.05) is 6.42 Å². The first-order valence-corrected chi connectivity index (χ1v) is 6.44. The van der Waals surface area contributed by atoms with Crippen molar-refractivity contribution in [1.82, 2.24) is 10.2 Å². The Balaban J connectivity index is 1.68. The first kappa shape index (κ1) is 11.9. The van der Waals surface area contributed by atoms with Crippen LogP contribution in [0.25, 0.3) is 0 Å². The van der Waals surface area contributed by atoms with Gasteiger partial charge in [0, 0.05) is 13.1 Å². The van der Waals surface area contributed by atoms with E-state index in [0.717, 1.165) is 32.4 Å². The Morgan fingerprint density at radius 2 is 1.88 bits per heavy atom. The predicted octanol–water partition coefficient (Wildman–Crippen LogP) is 1.07. The predicted molar refractivity (Wildman–Crippen MR) is 62.5 cm³/mol. The van der Waals surface area contributed by atoms with Crippen molar-refractivity contribution in [2.45, 2.75) is 44.1 Å². The Bertz CT molecular complexity index is 245. The van der Waals surface area contributed by atoms with Crippen LogP contribution in [0, 0.1) is 0 Å². The molecule has 4 heteroatoms. The van der Waals surface area contributed by atoms with Crippen LogP contribution >= 0.6 is 0 Å². The zero-order valence-corrected chi connectivity index (χ0v) is 9.87. The van der Waals surface area contributed by atoms with Gasteiger partial charge in [-0.15, -0.1) is 0 Å². The van der Waals surface area contributed by atoms with Gasteiger partial charge in [0.2, 0.25) is 0 Å². The second-order valence-electron chi connectivity index (χ2n) is 5.07. The van der Waals surface area contributed by atoms with Crippen LogP contribution in [0.2, 0.25) is 0 Å². The van der Waals surface area contributed by atoms with Crippen LogP contribution in [0.15, 0.2) is 0 Å². The van der Waals surface area contributed by atoms with Gasteiger partial charge >= 0.3 is 5.97 Å². The van der Waals surface area contributed by atoms with Gasteiger partial charge in [0.15, 0.2) is 0 Å². The lowest BCUT2D eigenvalue weighted by molar-refractivity contribution is -0.148. The molecule has 0 spiro atoms. The van der Waals surface area contributed by atoms with Crippen molar-refractivity contribution in [1.29, 1.82) is 0 Å². The number of hydrogen-bond donors (Lipinski definition) is 2. The van der Waals surface area contributed by atoms with E-state index in [9.17, 15) is 4.79 Å². The molecule has 1 heterocycles. The number of rotatable bonds is 5. The molecule has 1 aliphatic heterocycles. The zero-order valence-electron chi connectivity index (χ0n) is 9.87. The number of likely N-dealkylation sites (tertiary alicyclic amines) is 1. The van der Waals surface area contributed by atoms with Crippen LogP contribution in [-0.2, 0) is 4.79 Å². The number of carboxylic acid groups (broad SMARTS) is 1. The summed E-state index contributed by atoms with van der Waals surface area (Å²) in [5.41, 5.74) is -0.588. The molecular weight excluding hydrogens is 204 g/mol. The topological polar surface area (TPSA) is 52.6 Å². The second-order valence-corrected chi connectivity index (χ2v) is 5.07. The Labute approximate surface area is 97.0 Å². The Morgan fingerprint density at radius 1 is 1.19 bits per heavy atom. The highest BCUT2D eigenvalue weighted by atomic mass is 16.4. The number of aliphatic carboxylic acids is 1. The maximum atomic E-state index is 11.1. The van der Waals surface area contributed by atoms with E-state index < -0.39 is 11.5 Å². The third-order valence-corrected chi connectivity index (χ3v) is 3.96. The molecule has 0 bridgehead atoms. The zero-order chi connectivity index (χ0) is 11.4. The van der Waals surface area contributed by atoms with Gasteiger partial charge in [-0.2, -0.15) is 0 Å². The molecule has 2 aliphatic rings. The summed E-state index contributed by atoms with van der Waals surface area (Å²) < 4.78 is 0. The van der Waals surface area contributed by atoms with Gasteiger partial charge in [-0.3, -0.25) is 4.79 Å². The summed E-state index contributed by atoms with van der Waals surface area (Å²) >= 11 is 0. The Morgan fingerprint density at radius 3 is 2.38 bits per heavy atom. The molecule has 0 radical (unpaired) electrons. The maximum Gasteiger partial charge on any atom is 0.323 e. The third-order valence-electron chi connectivity index (χ3n) is 3.96. The number of carboxylic acids is 1. The van der Waals surface area contributed by atoms with Crippen molar-refractivity contribution in [2.24, 2.45) is 0 Å². The minimum absolute atomic E-state index is 0.588. The van der Waals surface area contributed by atoms with Crippen molar-refractivity contribution in [3.8, 4) is 0 Å². The Hall–Kier alpha value is -0.610. The summed E-state index contributed by atoms with van der Waals surface area (Å²) in [7, 11) is 0.